The molecule has 0 saturated carbocycles. The Balaban J connectivity index is 2.42. The van der Waals surface area contributed by atoms with Crippen molar-refractivity contribution in [3.8, 4) is 0 Å². The molecular weight excluding hydrogens is 277 g/mol. The predicted octanol–water partition coefficient (Wildman–Crippen LogP) is 2.59. The van der Waals surface area contributed by atoms with Crippen molar-refractivity contribution in [2.75, 3.05) is 17.3 Å². The van der Waals surface area contributed by atoms with E-state index in [0.29, 0.717) is 4.90 Å². The van der Waals surface area contributed by atoms with Crippen molar-refractivity contribution in [3.63, 3.8) is 0 Å². The second-order valence-corrected chi connectivity index (χ2v) is 4.06. The van der Waals surface area contributed by atoms with E-state index in [0.717, 1.165) is 12.3 Å². The van der Waals surface area contributed by atoms with Gasteiger partial charge in [-0.1, -0.05) is 18.2 Å². The summed E-state index contributed by atoms with van der Waals surface area (Å²) in [5, 5.41) is 11.7. The van der Waals surface area contributed by atoms with Crippen LogP contribution in [0.3, 0.4) is 0 Å². The third-order valence-corrected chi connectivity index (χ3v) is 2.74. The number of anilines is 2. The highest BCUT2D eigenvalue weighted by Crippen LogP contribution is 2.21. The zero-order chi connectivity index (χ0) is 15.4. The average Bonchev–Trinajstić information content (AvgIpc) is 2.48. The number of rotatable bonds is 3. The van der Waals surface area contributed by atoms with Crippen LogP contribution in [0.2, 0.25) is 0 Å². The smallest absolute Gasteiger partial charge is 0.419 e. The van der Waals surface area contributed by atoms with Gasteiger partial charge in [-0.05, 0) is 12.1 Å². The maximum Gasteiger partial charge on any atom is 0.419 e. The van der Waals surface area contributed by atoms with Crippen molar-refractivity contribution in [3.05, 3.63) is 54.0 Å². The van der Waals surface area contributed by atoms with E-state index in [2.05, 4.69) is 10.3 Å². The molecule has 2 aromatic rings. The van der Waals surface area contributed by atoms with E-state index in [9.17, 15) is 19.1 Å². The molecule has 0 aliphatic carbocycles. The number of hydrogen-bond acceptors (Lipinski definition) is 4. The number of pyridine rings is 1. The standard InChI is InChI=1S/C14H12FN3O3/c1-16-12-11(15)7-10(8-17-12)18(14(20)21)13(19)9-5-3-2-4-6-9/h2-8H,1H3,(H,16,17)(H,20,21). The number of carbonyl (C=O) groups is 2. The zero-order valence-electron chi connectivity index (χ0n) is 11.1. The van der Waals surface area contributed by atoms with Crippen molar-refractivity contribution < 1.29 is 19.1 Å². The molecule has 0 atom stereocenters. The second kappa shape index (κ2) is 6.00. The number of amides is 2. The summed E-state index contributed by atoms with van der Waals surface area (Å²) in [6.07, 6.45) is -0.397. The van der Waals surface area contributed by atoms with E-state index in [1.165, 1.54) is 19.2 Å². The number of nitrogens with zero attached hydrogens (tertiary/aromatic N) is 2. The molecule has 0 unspecified atom stereocenters. The van der Waals surface area contributed by atoms with Gasteiger partial charge in [0.15, 0.2) is 11.6 Å². The van der Waals surface area contributed by atoms with Crippen LogP contribution in [0, 0.1) is 5.82 Å². The first-order valence-electron chi connectivity index (χ1n) is 6.00. The molecule has 21 heavy (non-hydrogen) atoms. The van der Waals surface area contributed by atoms with Gasteiger partial charge in [0.2, 0.25) is 0 Å². The largest absolute Gasteiger partial charge is 0.464 e. The molecule has 2 amide bonds. The number of nitrogens with one attached hydrogen (secondary N) is 1. The fourth-order valence-corrected chi connectivity index (χ4v) is 1.76. The number of hydrogen-bond donors (Lipinski definition) is 2. The van der Waals surface area contributed by atoms with Crippen molar-refractivity contribution in [2.45, 2.75) is 0 Å². The summed E-state index contributed by atoms with van der Waals surface area (Å²) in [4.78, 5) is 27.7. The van der Waals surface area contributed by atoms with Crippen LogP contribution in [0.25, 0.3) is 0 Å². The molecule has 1 aromatic heterocycles. The number of carbonyl (C=O) groups excluding carboxylic acids is 1. The maximum absolute atomic E-state index is 13.7. The summed E-state index contributed by atoms with van der Waals surface area (Å²) in [6.45, 7) is 0. The van der Waals surface area contributed by atoms with Crippen LogP contribution in [0.1, 0.15) is 10.4 Å². The molecule has 0 radical (unpaired) electrons. The SMILES string of the molecule is CNc1ncc(N(C(=O)O)C(=O)c2ccccc2)cc1F. The van der Waals surface area contributed by atoms with Crippen molar-refractivity contribution in [1.82, 2.24) is 4.98 Å². The van der Waals surface area contributed by atoms with E-state index < -0.39 is 17.8 Å². The summed E-state index contributed by atoms with van der Waals surface area (Å²) < 4.78 is 13.7. The van der Waals surface area contributed by atoms with Crippen LogP contribution in [0.15, 0.2) is 42.6 Å². The molecule has 0 spiro atoms. The summed E-state index contributed by atoms with van der Waals surface area (Å²) in [6, 6.07) is 8.80. The fourth-order valence-electron chi connectivity index (χ4n) is 1.76. The molecule has 2 N–H and O–H groups in total. The van der Waals surface area contributed by atoms with Crippen LogP contribution in [-0.2, 0) is 0 Å². The van der Waals surface area contributed by atoms with Crippen molar-refractivity contribution >= 4 is 23.5 Å². The van der Waals surface area contributed by atoms with Crippen LogP contribution in [0.4, 0.5) is 20.7 Å². The van der Waals surface area contributed by atoms with Gasteiger partial charge in [-0.25, -0.2) is 19.1 Å². The lowest BCUT2D eigenvalue weighted by Crippen LogP contribution is -2.36. The van der Waals surface area contributed by atoms with Gasteiger partial charge < -0.3 is 10.4 Å². The van der Waals surface area contributed by atoms with Crippen LogP contribution in [-0.4, -0.2) is 29.1 Å². The lowest BCUT2D eigenvalue weighted by Gasteiger charge is -2.17. The second-order valence-electron chi connectivity index (χ2n) is 4.06. The molecule has 2 rings (SSSR count). The lowest BCUT2D eigenvalue weighted by molar-refractivity contribution is 0.0983. The van der Waals surface area contributed by atoms with Gasteiger partial charge in [0.05, 0.1) is 11.9 Å². The number of halogens is 1. The first-order valence-corrected chi connectivity index (χ1v) is 6.00. The normalized spacial score (nSPS) is 10.0. The lowest BCUT2D eigenvalue weighted by atomic mass is 10.2. The first kappa shape index (κ1) is 14.4. The molecular formula is C14H12FN3O3. The van der Waals surface area contributed by atoms with Gasteiger partial charge in [0.25, 0.3) is 5.91 Å². The van der Waals surface area contributed by atoms with Crippen LogP contribution >= 0.6 is 0 Å². The molecule has 1 aromatic carbocycles. The molecule has 0 bridgehead atoms. The Morgan fingerprint density at radius 2 is 1.95 bits per heavy atom. The highest BCUT2D eigenvalue weighted by molar-refractivity contribution is 6.18. The quantitative estimate of drug-likeness (QED) is 0.907. The van der Waals surface area contributed by atoms with E-state index in [4.69, 9.17) is 0 Å². The Bertz CT molecular complexity index is 676. The Kier molecular flexibility index (Phi) is 4.13. The van der Waals surface area contributed by atoms with Crippen molar-refractivity contribution in [2.24, 2.45) is 0 Å². The minimum atomic E-state index is -1.51. The van der Waals surface area contributed by atoms with E-state index in [1.807, 2.05) is 0 Å². The van der Waals surface area contributed by atoms with Gasteiger partial charge in [0.1, 0.15) is 0 Å². The summed E-state index contributed by atoms with van der Waals surface area (Å²) in [5.74, 6) is -1.56. The van der Waals surface area contributed by atoms with E-state index in [1.54, 1.807) is 18.2 Å². The Morgan fingerprint density at radius 1 is 1.29 bits per heavy atom. The van der Waals surface area contributed by atoms with E-state index in [-0.39, 0.29) is 17.1 Å². The number of aromatic nitrogens is 1. The Morgan fingerprint density at radius 3 is 2.48 bits per heavy atom. The summed E-state index contributed by atoms with van der Waals surface area (Å²) in [5.41, 5.74) is 0.0193. The highest BCUT2D eigenvalue weighted by Gasteiger charge is 2.25. The Hall–Kier alpha value is -2.96. The van der Waals surface area contributed by atoms with Crippen molar-refractivity contribution in [1.29, 1.82) is 0 Å². The maximum atomic E-state index is 13.7. The monoisotopic (exact) mass is 289 g/mol. The third-order valence-electron chi connectivity index (χ3n) is 2.74. The van der Waals surface area contributed by atoms with Crippen LogP contribution in [0.5, 0.6) is 0 Å². The number of carboxylic acid groups (broad SMARTS) is 1. The predicted molar refractivity (Wildman–Crippen MR) is 75.0 cm³/mol. The molecule has 0 aliphatic heterocycles. The van der Waals surface area contributed by atoms with Gasteiger partial charge in [-0.3, -0.25) is 4.79 Å². The summed E-state index contributed by atoms with van der Waals surface area (Å²) in [7, 11) is 1.48. The van der Waals surface area contributed by atoms with Gasteiger partial charge in [0, 0.05) is 18.7 Å². The molecule has 6 nitrogen and oxygen atoms in total. The highest BCUT2D eigenvalue weighted by atomic mass is 19.1. The minimum absolute atomic E-state index is 0.0313. The molecule has 108 valence electrons. The minimum Gasteiger partial charge on any atom is -0.464 e. The van der Waals surface area contributed by atoms with E-state index >= 15 is 0 Å². The first-order chi connectivity index (χ1) is 10.0. The Labute approximate surface area is 119 Å². The molecule has 0 fully saturated rings. The fraction of sp³-hybridized carbons (Fsp3) is 0.0714. The molecule has 0 aliphatic rings. The molecule has 7 heteroatoms. The average molecular weight is 289 g/mol. The topological polar surface area (TPSA) is 82.5 Å². The molecule has 1 heterocycles. The number of benzene rings is 1. The summed E-state index contributed by atoms with van der Waals surface area (Å²) >= 11 is 0. The van der Waals surface area contributed by atoms with Gasteiger partial charge in [-0.15, -0.1) is 0 Å². The number of imide groups is 1. The zero-order valence-corrected chi connectivity index (χ0v) is 11.1. The van der Waals surface area contributed by atoms with Gasteiger partial charge in [-0.2, -0.15) is 0 Å². The van der Waals surface area contributed by atoms with Crippen LogP contribution < -0.4 is 10.2 Å². The third kappa shape index (κ3) is 2.97. The molecule has 0 saturated heterocycles. The van der Waals surface area contributed by atoms with Gasteiger partial charge >= 0.3 is 6.09 Å².